The van der Waals surface area contributed by atoms with E-state index in [-0.39, 0.29) is 12.5 Å². The zero-order chi connectivity index (χ0) is 22.1. The van der Waals surface area contributed by atoms with Gasteiger partial charge in [0.05, 0.1) is 24.1 Å². The van der Waals surface area contributed by atoms with Gasteiger partial charge in [0, 0.05) is 25.9 Å². The van der Waals surface area contributed by atoms with Crippen LogP contribution in [0, 0.1) is 0 Å². The van der Waals surface area contributed by atoms with Gasteiger partial charge in [-0.15, -0.1) is 0 Å². The third-order valence-corrected chi connectivity index (χ3v) is 5.04. The van der Waals surface area contributed by atoms with E-state index in [1.165, 1.54) is 43.4 Å². The van der Waals surface area contributed by atoms with Crippen molar-refractivity contribution in [3.8, 4) is 11.3 Å². The monoisotopic (exact) mass is 415 g/mol. The molecule has 8 heteroatoms. The summed E-state index contributed by atoms with van der Waals surface area (Å²) in [5.74, 6) is 1.03. The van der Waals surface area contributed by atoms with E-state index in [0.29, 0.717) is 23.0 Å². The lowest BCUT2D eigenvalue weighted by atomic mass is 10.0. The van der Waals surface area contributed by atoms with Gasteiger partial charge in [-0.05, 0) is 26.0 Å². The van der Waals surface area contributed by atoms with Crippen molar-refractivity contribution in [1.82, 2.24) is 15.0 Å². The van der Waals surface area contributed by atoms with Gasteiger partial charge in [0.25, 0.3) is 0 Å². The standard InChI is InChI=1S/C15H17N5O2.C6H12.CH4O/c1-15(2,22)11-5-4-9(6-16-11)10-7-17-13-14(19-10)20(3)12(21)8-18-13;1-2-4-6-5-3-1;1-2/h4-7,22H,8H2,1-3H3,(H,17,18);1-6H2;2H,1H3. The highest BCUT2D eigenvalue weighted by Gasteiger charge is 2.24. The summed E-state index contributed by atoms with van der Waals surface area (Å²) in [5.41, 5.74) is 0.985. The van der Waals surface area contributed by atoms with Gasteiger partial charge in [0.2, 0.25) is 5.91 Å². The Bertz CT molecular complexity index is 803. The highest BCUT2D eigenvalue weighted by atomic mass is 16.3. The van der Waals surface area contributed by atoms with E-state index in [9.17, 15) is 9.90 Å². The number of rotatable bonds is 2. The van der Waals surface area contributed by atoms with Crippen molar-refractivity contribution >= 4 is 17.5 Å². The van der Waals surface area contributed by atoms with Crippen molar-refractivity contribution in [2.75, 3.05) is 30.9 Å². The number of nitrogens with one attached hydrogen (secondary N) is 1. The molecular formula is C22H33N5O3. The molecule has 1 aliphatic heterocycles. The van der Waals surface area contributed by atoms with E-state index in [1.54, 1.807) is 39.4 Å². The van der Waals surface area contributed by atoms with E-state index in [1.807, 2.05) is 6.07 Å². The number of hydrogen-bond donors (Lipinski definition) is 3. The second kappa shape index (κ2) is 11.0. The lowest BCUT2D eigenvalue weighted by Crippen LogP contribution is -2.38. The molecule has 1 aliphatic carbocycles. The second-order valence-electron chi connectivity index (χ2n) is 7.85. The number of amides is 1. The Labute approximate surface area is 178 Å². The first-order valence-electron chi connectivity index (χ1n) is 10.4. The number of nitrogens with zero attached hydrogens (tertiary/aromatic N) is 4. The van der Waals surface area contributed by atoms with Crippen LogP contribution in [-0.4, -0.2) is 51.8 Å². The molecule has 0 atom stereocenters. The van der Waals surface area contributed by atoms with Gasteiger partial charge >= 0.3 is 0 Å². The number of carbonyl (C=O) groups excluding carboxylic acids is 1. The minimum absolute atomic E-state index is 0.0607. The first-order valence-corrected chi connectivity index (χ1v) is 10.4. The number of likely N-dealkylation sites (N-methyl/N-ethyl adjacent to an activating group) is 1. The van der Waals surface area contributed by atoms with Gasteiger partial charge in [-0.2, -0.15) is 0 Å². The molecule has 1 fully saturated rings. The maximum Gasteiger partial charge on any atom is 0.247 e. The Morgan fingerprint density at radius 3 is 2.10 bits per heavy atom. The largest absolute Gasteiger partial charge is 0.400 e. The summed E-state index contributed by atoms with van der Waals surface area (Å²) in [6, 6.07) is 3.58. The molecule has 0 bridgehead atoms. The molecule has 4 rings (SSSR count). The van der Waals surface area contributed by atoms with Crippen molar-refractivity contribution in [3.63, 3.8) is 0 Å². The number of pyridine rings is 1. The first-order chi connectivity index (χ1) is 14.4. The van der Waals surface area contributed by atoms with E-state index in [4.69, 9.17) is 5.11 Å². The number of anilines is 2. The van der Waals surface area contributed by atoms with E-state index in [2.05, 4.69) is 20.3 Å². The highest BCUT2D eigenvalue weighted by Crippen LogP contribution is 2.28. The molecule has 2 aromatic rings. The lowest BCUT2D eigenvalue weighted by Gasteiger charge is -2.24. The summed E-state index contributed by atoms with van der Waals surface area (Å²) in [5, 5.41) is 19.9. The summed E-state index contributed by atoms with van der Waals surface area (Å²) in [7, 11) is 2.68. The molecule has 0 radical (unpaired) electrons. The first kappa shape index (κ1) is 23.7. The predicted octanol–water partition coefficient (Wildman–Crippen LogP) is 3.10. The molecule has 2 aliphatic rings. The number of aliphatic hydroxyl groups is 2. The predicted molar refractivity (Wildman–Crippen MR) is 118 cm³/mol. The van der Waals surface area contributed by atoms with Crippen molar-refractivity contribution in [2.24, 2.45) is 0 Å². The average molecular weight is 416 g/mol. The number of aromatic nitrogens is 3. The molecule has 1 amide bonds. The van der Waals surface area contributed by atoms with Gasteiger partial charge in [-0.25, -0.2) is 9.97 Å². The second-order valence-corrected chi connectivity index (χ2v) is 7.85. The van der Waals surface area contributed by atoms with Crippen molar-refractivity contribution in [1.29, 1.82) is 0 Å². The normalized spacial score (nSPS) is 15.7. The average Bonchev–Trinajstić information content (AvgIpc) is 2.79. The fourth-order valence-corrected chi connectivity index (χ4v) is 3.24. The van der Waals surface area contributed by atoms with Crippen molar-refractivity contribution in [3.05, 3.63) is 30.2 Å². The molecular weight excluding hydrogens is 382 g/mol. The maximum absolute atomic E-state index is 11.7. The Morgan fingerprint density at radius 2 is 1.60 bits per heavy atom. The summed E-state index contributed by atoms with van der Waals surface area (Å²) >= 11 is 0. The highest BCUT2D eigenvalue weighted by molar-refractivity contribution is 6.00. The summed E-state index contributed by atoms with van der Waals surface area (Å²) < 4.78 is 0. The van der Waals surface area contributed by atoms with Crippen LogP contribution >= 0.6 is 0 Å². The van der Waals surface area contributed by atoms with Crippen LogP contribution in [0.4, 0.5) is 11.6 Å². The molecule has 0 unspecified atom stereocenters. The smallest absolute Gasteiger partial charge is 0.247 e. The topological polar surface area (TPSA) is 111 Å². The Balaban J connectivity index is 0.000000340. The molecule has 0 aromatic carbocycles. The third-order valence-electron chi connectivity index (χ3n) is 5.04. The van der Waals surface area contributed by atoms with Crippen LogP contribution in [0.5, 0.6) is 0 Å². The molecule has 0 spiro atoms. The molecule has 3 heterocycles. The lowest BCUT2D eigenvalue weighted by molar-refractivity contribution is -0.116. The summed E-state index contributed by atoms with van der Waals surface area (Å²) in [6.07, 6.45) is 12.3. The summed E-state index contributed by atoms with van der Waals surface area (Å²) in [4.78, 5) is 26.3. The number of fused-ring (bicyclic) bond motifs is 1. The van der Waals surface area contributed by atoms with Crippen LogP contribution in [0.2, 0.25) is 0 Å². The van der Waals surface area contributed by atoms with Crippen LogP contribution in [0.15, 0.2) is 24.5 Å². The third kappa shape index (κ3) is 6.21. The maximum atomic E-state index is 11.7. The van der Waals surface area contributed by atoms with E-state index >= 15 is 0 Å². The van der Waals surface area contributed by atoms with Crippen LogP contribution in [0.25, 0.3) is 11.3 Å². The minimum atomic E-state index is -0.989. The zero-order valence-corrected chi connectivity index (χ0v) is 18.4. The molecule has 1 saturated carbocycles. The molecule has 8 nitrogen and oxygen atoms in total. The SMILES string of the molecule is C1CCCCC1.CN1C(=O)CNc2ncc(-c3ccc(C(C)(C)O)nc3)nc21.CO. The van der Waals surface area contributed by atoms with Gasteiger partial charge in [0.1, 0.15) is 5.60 Å². The van der Waals surface area contributed by atoms with Crippen LogP contribution in [-0.2, 0) is 10.4 Å². The van der Waals surface area contributed by atoms with Crippen LogP contribution in [0.1, 0.15) is 58.1 Å². The Morgan fingerprint density at radius 1 is 1.00 bits per heavy atom. The minimum Gasteiger partial charge on any atom is -0.400 e. The van der Waals surface area contributed by atoms with Crippen molar-refractivity contribution < 1.29 is 15.0 Å². The number of hydrogen-bond acceptors (Lipinski definition) is 7. The van der Waals surface area contributed by atoms with Crippen molar-refractivity contribution in [2.45, 2.75) is 58.0 Å². The Kier molecular flexibility index (Phi) is 8.68. The number of aliphatic hydroxyl groups excluding tert-OH is 1. The molecule has 30 heavy (non-hydrogen) atoms. The van der Waals surface area contributed by atoms with Crippen LogP contribution in [0.3, 0.4) is 0 Å². The molecule has 2 aromatic heterocycles. The molecule has 0 saturated heterocycles. The number of carbonyl (C=O) groups is 1. The fourth-order valence-electron chi connectivity index (χ4n) is 3.24. The van der Waals surface area contributed by atoms with Gasteiger partial charge in [0.15, 0.2) is 11.6 Å². The van der Waals surface area contributed by atoms with Gasteiger partial charge in [-0.3, -0.25) is 14.7 Å². The van der Waals surface area contributed by atoms with Gasteiger partial charge < -0.3 is 15.5 Å². The van der Waals surface area contributed by atoms with E-state index in [0.717, 1.165) is 12.7 Å². The molecule has 3 N–H and O–H groups in total. The van der Waals surface area contributed by atoms with Gasteiger partial charge in [-0.1, -0.05) is 38.5 Å². The quantitative estimate of drug-likeness (QED) is 0.691. The summed E-state index contributed by atoms with van der Waals surface area (Å²) in [6.45, 7) is 3.58. The van der Waals surface area contributed by atoms with E-state index < -0.39 is 5.60 Å². The fraction of sp³-hybridized carbons (Fsp3) is 0.545. The zero-order valence-electron chi connectivity index (χ0n) is 18.4. The Hall–Kier alpha value is -2.58. The van der Waals surface area contributed by atoms with Crippen LogP contribution < -0.4 is 10.2 Å². The molecule has 164 valence electrons.